The Bertz CT molecular complexity index is 664. The number of ether oxygens (including phenoxy) is 1. The first-order valence-corrected chi connectivity index (χ1v) is 6.62. The van der Waals surface area contributed by atoms with E-state index in [1.54, 1.807) is 19.1 Å². The van der Waals surface area contributed by atoms with E-state index >= 15 is 0 Å². The molecule has 1 aromatic carbocycles. The predicted octanol–water partition coefficient (Wildman–Crippen LogP) is 1.25. The second-order valence-corrected chi connectivity index (χ2v) is 4.83. The van der Waals surface area contributed by atoms with Crippen LogP contribution in [0.4, 0.5) is 0 Å². The van der Waals surface area contributed by atoms with E-state index in [2.05, 4.69) is 5.10 Å². The van der Waals surface area contributed by atoms with Gasteiger partial charge in [0.25, 0.3) is 0 Å². The molecule has 1 N–H and O–H groups in total. The predicted molar refractivity (Wildman–Crippen MR) is 78.7 cm³/mol. The Labute approximate surface area is 127 Å². The van der Waals surface area contributed by atoms with Crippen LogP contribution >= 0.6 is 0 Å². The molecule has 1 amide bonds. The van der Waals surface area contributed by atoms with Gasteiger partial charge in [-0.15, -0.1) is 0 Å². The Hall–Kier alpha value is -2.83. The molecule has 0 bridgehead atoms. The molecule has 2 rings (SSSR count). The molecule has 22 heavy (non-hydrogen) atoms. The maximum absolute atomic E-state index is 12.1. The van der Waals surface area contributed by atoms with Gasteiger partial charge < -0.3 is 14.7 Å². The molecule has 0 aliphatic carbocycles. The van der Waals surface area contributed by atoms with Crippen LogP contribution in [0.5, 0.6) is 5.75 Å². The van der Waals surface area contributed by atoms with Crippen LogP contribution in [0.15, 0.2) is 36.7 Å². The second-order valence-electron chi connectivity index (χ2n) is 4.83. The third-order valence-corrected chi connectivity index (χ3v) is 3.18. The minimum Gasteiger partial charge on any atom is -0.497 e. The molecule has 116 valence electrons. The minimum absolute atomic E-state index is 0.0000648. The number of benzene rings is 1. The van der Waals surface area contributed by atoms with Crippen molar-refractivity contribution in [2.75, 3.05) is 14.2 Å². The van der Waals surface area contributed by atoms with Gasteiger partial charge in [0.2, 0.25) is 5.91 Å². The third-order valence-electron chi connectivity index (χ3n) is 3.18. The number of carboxylic acid groups (broad SMARTS) is 1. The number of aromatic carboxylic acids is 1. The summed E-state index contributed by atoms with van der Waals surface area (Å²) < 4.78 is 6.40. The van der Waals surface area contributed by atoms with Gasteiger partial charge in [0.15, 0.2) is 0 Å². The van der Waals surface area contributed by atoms with E-state index < -0.39 is 5.97 Å². The summed E-state index contributed by atoms with van der Waals surface area (Å²) in [5, 5.41) is 12.7. The maximum atomic E-state index is 12.1. The van der Waals surface area contributed by atoms with E-state index in [4.69, 9.17) is 9.84 Å². The first-order valence-electron chi connectivity index (χ1n) is 6.62. The summed E-state index contributed by atoms with van der Waals surface area (Å²) in [5.41, 5.74) is 1.04. The highest BCUT2D eigenvalue weighted by Crippen LogP contribution is 2.12. The highest BCUT2D eigenvalue weighted by atomic mass is 16.5. The second kappa shape index (κ2) is 6.75. The summed E-state index contributed by atoms with van der Waals surface area (Å²) in [7, 11) is 3.29. The van der Waals surface area contributed by atoms with Gasteiger partial charge in [-0.25, -0.2) is 4.79 Å². The highest BCUT2D eigenvalue weighted by Gasteiger charge is 2.12. The number of amides is 1. The molecule has 0 aliphatic rings. The van der Waals surface area contributed by atoms with Gasteiger partial charge in [-0.3, -0.25) is 9.48 Å². The average molecular weight is 303 g/mol. The van der Waals surface area contributed by atoms with Gasteiger partial charge in [-0.05, 0) is 17.7 Å². The average Bonchev–Trinajstić information content (AvgIpc) is 2.96. The van der Waals surface area contributed by atoms with Crippen molar-refractivity contribution in [2.45, 2.75) is 13.1 Å². The monoisotopic (exact) mass is 303 g/mol. The first kappa shape index (κ1) is 15.6. The Morgan fingerprint density at radius 2 is 2.00 bits per heavy atom. The zero-order valence-corrected chi connectivity index (χ0v) is 12.4. The van der Waals surface area contributed by atoms with Crippen LogP contribution in [0.25, 0.3) is 0 Å². The van der Waals surface area contributed by atoms with Gasteiger partial charge in [0.1, 0.15) is 12.3 Å². The van der Waals surface area contributed by atoms with Crippen LogP contribution in [0, 0.1) is 0 Å². The topological polar surface area (TPSA) is 84.7 Å². The number of hydrogen-bond acceptors (Lipinski definition) is 4. The van der Waals surface area contributed by atoms with Crippen LogP contribution in [0.1, 0.15) is 15.9 Å². The highest BCUT2D eigenvalue weighted by molar-refractivity contribution is 5.87. The molecule has 0 saturated carbocycles. The van der Waals surface area contributed by atoms with Gasteiger partial charge in [0, 0.05) is 19.8 Å². The van der Waals surface area contributed by atoms with Gasteiger partial charge in [-0.2, -0.15) is 5.10 Å². The SMILES string of the molecule is COc1ccc(CN(C)C(=O)Cn2cc(C(=O)O)cn2)cc1. The van der Waals surface area contributed by atoms with Crippen molar-refractivity contribution in [2.24, 2.45) is 0 Å². The van der Waals surface area contributed by atoms with Gasteiger partial charge >= 0.3 is 5.97 Å². The normalized spacial score (nSPS) is 10.3. The molecule has 1 aromatic heterocycles. The molecule has 0 aliphatic heterocycles. The van der Waals surface area contributed by atoms with Crippen molar-refractivity contribution >= 4 is 11.9 Å². The summed E-state index contributed by atoms with van der Waals surface area (Å²) in [5.74, 6) is -0.461. The van der Waals surface area contributed by atoms with Crippen LogP contribution in [0.3, 0.4) is 0 Å². The lowest BCUT2D eigenvalue weighted by Gasteiger charge is -2.17. The number of methoxy groups -OCH3 is 1. The first-order chi connectivity index (χ1) is 10.5. The van der Waals surface area contributed by atoms with Crippen LogP contribution in [-0.2, 0) is 17.9 Å². The summed E-state index contributed by atoms with van der Waals surface area (Å²) in [4.78, 5) is 24.4. The lowest BCUT2D eigenvalue weighted by atomic mass is 10.2. The van der Waals surface area contributed by atoms with Crippen molar-refractivity contribution < 1.29 is 19.4 Å². The molecule has 0 radical (unpaired) electrons. The minimum atomic E-state index is -1.06. The van der Waals surface area contributed by atoms with Crippen LogP contribution < -0.4 is 4.74 Å². The van der Waals surface area contributed by atoms with Gasteiger partial charge in [0.05, 0.1) is 18.9 Å². The van der Waals surface area contributed by atoms with E-state index in [9.17, 15) is 9.59 Å². The van der Waals surface area contributed by atoms with Crippen LogP contribution in [-0.4, -0.2) is 45.8 Å². The summed E-state index contributed by atoms with van der Waals surface area (Å²) in [6, 6.07) is 7.44. The third kappa shape index (κ3) is 3.85. The molecule has 1 heterocycles. The van der Waals surface area contributed by atoms with E-state index in [0.29, 0.717) is 6.54 Å². The number of aromatic nitrogens is 2. The molecular weight excluding hydrogens is 286 g/mol. The van der Waals surface area contributed by atoms with Crippen molar-refractivity contribution in [3.05, 3.63) is 47.8 Å². The number of likely N-dealkylation sites (N-methyl/N-ethyl adjacent to an activating group) is 1. The molecular formula is C15H17N3O4. The molecule has 7 heteroatoms. The molecule has 0 unspecified atom stereocenters. The quantitative estimate of drug-likeness (QED) is 0.868. The van der Waals surface area contributed by atoms with Crippen molar-refractivity contribution in [3.8, 4) is 5.75 Å². The zero-order chi connectivity index (χ0) is 16.1. The number of rotatable bonds is 6. The lowest BCUT2D eigenvalue weighted by molar-refractivity contribution is -0.131. The van der Waals surface area contributed by atoms with E-state index in [0.717, 1.165) is 11.3 Å². The largest absolute Gasteiger partial charge is 0.497 e. The Kier molecular flexibility index (Phi) is 4.77. The fourth-order valence-electron chi connectivity index (χ4n) is 1.91. The maximum Gasteiger partial charge on any atom is 0.338 e. The lowest BCUT2D eigenvalue weighted by Crippen LogP contribution is -2.29. The smallest absolute Gasteiger partial charge is 0.338 e. The van der Waals surface area contributed by atoms with Gasteiger partial charge in [-0.1, -0.05) is 12.1 Å². The fraction of sp³-hybridized carbons (Fsp3) is 0.267. The summed E-state index contributed by atoms with van der Waals surface area (Å²) in [6.45, 7) is 0.454. The fourth-order valence-corrected chi connectivity index (χ4v) is 1.91. The van der Waals surface area contributed by atoms with Crippen molar-refractivity contribution in [1.29, 1.82) is 0 Å². The molecule has 0 saturated heterocycles. The molecule has 2 aromatic rings. The van der Waals surface area contributed by atoms with Crippen molar-refractivity contribution in [1.82, 2.24) is 14.7 Å². The number of carbonyl (C=O) groups is 2. The number of hydrogen-bond donors (Lipinski definition) is 1. The Morgan fingerprint density at radius 1 is 1.32 bits per heavy atom. The molecule has 0 atom stereocenters. The van der Waals surface area contributed by atoms with E-state index in [1.807, 2.05) is 24.3 Å². The van der Waals surface area contributed by atoms with E-state index in [-0.39, 0.29) is 18.0 Å². The summed E-state index contributed by atoms with van der Waals surface area (Å²) in [6.07, 6.45) is 2.56. The molecule has 0 fully saturated rings. The standard InChI is InChI=1S/C15H17N3O4/c1-17(8-11-3-5-13(22-2)6-4-11)14(19)10-18-9-12(7-16-18)15(20)21/h3-7,9H,8,10H2,1-2H3,(H,20,21). The molecule has 0 spiro atoms. The van der Waals surface area contributed by atoms with E-state index in [1.165, 1.54) is 17.1 Å². The summed E-state index contributed by atoms with van der Waals surface area (Å²) >= 11 is 0. The molecule has 7 nitrogen and oxygen atoms in total. The Balaban J connectivity index is 1.94. The Morgan fingerprint density at radius 3 is 2.55 bits per heavy atom. The van der Waals surface area contributed by atoms with Crippen LogP contribution in [0.2, 0.25) is 0 Å². The van der Waals surface area contributed by atoms with Crippen molar-refractivity contribution in [3.63, 3.8) is 0 Å². The number of carboxylic acids is 1. The number of carbonyl (C=O) groups excluding carboxylic acids is 1. The zero-order valence-electron chi connectivity index (χ0n) is 12.4. The number of nitrogens with zero attached hydrogens (tertiary/aromatic N) is 3.